The molecule has 0 unspecified atom stereocenters. The van der Waals surface area contributed by atoms with Crippen LogP contribution in [0.15, 0.2) is 0 Å². The third-order valence-corrected chi connectivity index (χ3v) is 13.9. The first-order valence-electron chi connectivity index (χ1n) is 20.7. The Balaban J connectivity index is -0.0000000281. The van der Waals surface area contributed by atoms with E-state index in [0.717, 1.165) is 64.4 Å². The Bertz CT molecular complexity index is 1140. The van der Waals surface area contributed by atoms with Crippen molar-refractivity contribution in [3.05, 3.63) is 74.3 Å². The predicted octanol–water partition coefficient (Wildman–Crippen LogP) is -6.62. The number of nitrogens with one attached hydrogen (secondary N) is 12. The monoisotopic (exact) mass is 2670 g/mol. The standard InChI is InChI=1S/C6H12NSe.C5H11N2Se.C5H10NSe.C4H9N2Se.C4H8NSe.C4H10NSe.C3H7N2Se.C3H9N2Se.2CH5N2Se.10CH3.5Pt/c8-6-4-2-1-3-5-7-6;8-5-6-3-1-2-4-7-5;7-5-3-1-2-4-6-5;7-4-5-2-1-3-6-4;6-4-2-1-3-5-4;1-3-4(6)5-2;6-3-4-1-2-5-3;1-4-3(6)5-2;2*2-1(3)4;;;;;;;;;;;;;;;/h7-8H,1-5H2;6-8H,1-4H2;6-7H,1-4H2;5-7H,1-3H2;5-6H,1-3H2;5-6H,3H2,1-2H3;4-6H,1-2H2;4-6H,1-2H3;2*4H,2-3H2;10*1H3;;;;;/q;;;;;;;;;;10*-1;5*+2. The van der Waals surface area contributed by atoms with Crippen LogP contribution >= 0.6 is 0 Å². The SMILES string of the molecule is CCC(=[SeH])NC.CNC(=[SeH])NC.NC(N)=[SeH].NC(N)=[SeH].[CH3-].[CH3-].[CH3-].[CH3-].[CH3-].[CH3-].[CH3-].[CH3-].[CH3-].[CH3-].[Pt+2].[Pt+2].[Pt+2].[Pt+2].[Pt+2].[SeH]=C1CCCCCN1.[SeH]=C1CCCCN1.[SeH]=C1CCCN1.[SeH]=C1NCCCCN1.[SeH]=C1NCCCN1.[SeH]=C1NCCN1. The zero-order valence-electron chi connectivity index (χ0n) is 48.9. The topological polar surface area (TPSA) is 248 Å². The third kappa shape index (κ3) is 137. The Kier molecular flexibility index (Phi) is 196. The first-order chi connectivity index (χ1) is 29.4. The number of rotatable bonds is 4. The molecule has 0 spiro atoms. The molecule has 0 bridgehead atoms. The summed E-state index contributed by atoms with van der Waals surface area (Å²) in [6.45, 7) is 12.3. The van der Waals surface area contributed by atoms with E-state index in [4.69, 9.17) is 22.9 Å². The van der Waals surface area contributed by atoms with Crippen molar-refractivity contribution in [3.8, 4) is 0 Å². The molecule has 6 saturated heterocycles. The van der Waals surface area contributed by atoms with Gasteiger partial charge < -0.3 is 74.3 Å². The van der Waals surface area contributed by atoms with E-state index in [2.05, 4.69) is 195 Å². The van der Waals surface area contributed by atoms with Crippen LogP contribution in [0.2, 0.25) is 0 Å². The molecule has 6 heterocycles. The minimum atomic E-state index is 0. The summed E-state index contributed by atoms with van der Waals surface area (Å²) < 4.78 is 10.7. The van der Waals surface area contributed by atoms with Crippen LogP contribution in [0.1, 0.15) is 90.4 Å². The van der Waals surface area contributed by atoms with Crippen molar-refractivity contribution in [1.82, 2.24) is 63.8 Å². The molecule has 0 atom stereocenters. The Morgan fingerprint density at radius 3 is 0.766 bits per heavy atom. The minimum absolute atomic E-state index is 0. The van der Waals surface area contributed by atoms with Gasteiger partial charge in [-0.3, -0.25) is 0 Å². The fourth-order valence-electron chi connectivity index (χ4n) is 4.25. The quantitative estimate of drug-likeness (QED) is 0.0925. The number of piperidine rings is 1. The van der Waals surface area contributed by atoms with Gasteiger partial charge in [-0.2, -0.15) is 0 Å². The van der Waals surface area contributed by atoms with Crippen LogP contribution in [0, 0.1) is 74.3 Å². The summed E-state index contributed by atoms with van der Waals surface area (Å²) >= 11 is 24.0. The number of hydrogen-bond acceptors (Lipinski definition) is 16. The Morgan fingerprint density at radius 1 is 0.351 bits per heavy atom. The molecule has 31 heteroatoms. The zero-order chi connectivity index (χ0) is 47.8. The molecule has 6 rings (SSSR count). The number of nitrogens with two attached hydrogens (primary N) is 4. The third-order valence-electron chi connectivity index (χ3n) is 7.44. The summed E-state index contributed by atoms with van der Waals surface area (Å²) in [4.78, 5) is 0. The van der Waals surface area contributed by atoms with Crippen LogP contribution in [0.5, 0.6) is 0 Å². The van der Waals surface area contributed by atoms with Gasteiger partial charge in [-0.05, 0) is 0 Å². The summed E-state index contributed by atoms with van der Waals surface area (Å²) in [5.74, 6) is 0. The average Bonchev–Trinajstić information content (AvgIpc) is 3.79. The average molecular weight is 2660 g/mol. The van der Waals surface area contributed by atoms with Crippen molar-refractivity contribution >= 4 is 202 Å². The maximum absolute atomic E-state index is 4.78. The molecule has 0 aromatic heterocycles. The van der Waals surface area contributed by atoms with E-state index >= 15 is 0 Å². The molecule has 490 valence electrons. The van der Waals surface area contributed by atoms with E-state index in [0.29, 0.717) is 9.33 Å². The summed E-state index contributed by atoms with van der Waals surface area (Å²) in [5, 5.41) is 37.6. The molecule has 0 aromatic rings. The number of hydrogen-bond donors (Lipinski definition) is 16. The summed E-state index contributed by atoms with van der Waals surface area (Å²) in [6, 6.07) is 0. The van der Waals surface area contributed by atoms with Crippen molar-refractivity contribution in [1.29, 1.82) is 0 Å². The fourth-order valence-corrected chi connectivity index (χ4v) is 7.35. The molecule has 77 heavy (non-hydrogen) atoms. The maximum atomic E-state index is 4.78. The van der Waals surface area contributed by atoms with Crippen molar-refractivity contribution in [2.45, 2.75) is 90.4 Å². The second-order valence-corrected chi connectivity index (χ2v) is 23.4. The second kappa shape index (κ2) is 110. The van der Waals surface area contributed by atoms with Crippen LogP contribution in [-0.4, -0.2) is 282 Å². The van der Waals surface area contributed by atoms with Gasteiger partial charge >= 0.3 is 564 Å². The molecule has 0 amide bonds. The van der Waals surface area contributed by atoms with Crippen molar-refractivity contribution in [3.63, 3.8) is 0 Å². The van der Waals surface area contributed by atoms with E-state index in [9.17, 15) is 0 Å². The second-order valence-electron chi connectivity index (χ2n) is 12.9. The predicted molar refractivity (Wildman–Crippen MR) is 367 cm³/mol. The molecule has 6 aliphatic heterocycles. The van der Waals surface area contributed by atoms with Gasteiger partial charge in [-0.1, -0.05) is 0 Å². The van der Waals surface area contributed by atoms with Crippen LogP contribution < -0.4 is 86.7 Å². The van der Waals surface area contributed by atoms with E-state index < -0.39 is 0 Å². The van der Waals surface area contributed by atoms with Gasteiger partial charge in [0.15, 0.2) is 0 Å². The molecular weight excluding hydrogens is 2540 g/mol. The first-order valence-corrected chi connectivity index (χ1v) is 30.1. The molecule has 0 aromatic carbocycles. The molecule has 0 aliphatic carbocycles. The molecule has 6 fully saturated rings. The molecule has 0 saturated carbocycles. The Labute approximate surface area is 629 Å². The van der Waals surface area contributed by atoms with Gasteiger partial charge in [0.25, 0.3) is 0 Å². The van der Waals surface area contributed by atoms with Gasteiger partial charge in [0.2, 0.25) is 0 Å². The molecule has 16 nitrogen and oxygen atoms in total. The Morgan fingerprint density at radius 2 is 0.571 bits per heavy atom. The zero-order valence-corrected chi connectivity index (χ0v) is 79.0. The first kappa shape index (κ1) is 137. The van der Waals surface area contributed by atoms with Gasteiger partial charge in [-0.25, -0.2) is 0 Å². The van der Waals surface area contributed by atoms with Crippen LogP contribution in [0.3, 0.4) is 0 Å². The van der Waals surface area contributed by atoms with E-state index in [-0.39, 0.29) is 180 Å². The van der Waals surface area contributed by atoms with Crippen molar-refractivity contribution < 1.29 is 105 Å². The van der Waals surface area contributed by atoms with Crippen LogP contribution in [0.25, 0.3) is 0 Å². The molecule has 6 aliphatic rings. The van der Waals surface area contributed by atoms with Crippen LogP contribution in [-0.2, 0) is 105 Å². The molecule has 20 N–H and O–H groups in total. The van der Waals surface area contributed by atoms with Gasteiger partial charge in [0.05, 0.1) is 0 Å². The van der Waals surface area contributed by atoms with Gasteiger partial charge in [-0.15, -0.1) is 0 Å². The fraction of sp³-hybridized carbons (Fsp3) is 0.565. The van der Waals surface area contributed by atoms with E-state index in [1.165, 1.54) is 115 Å². The van der Waals surface area contributed by atoms with Crippen LogP contribution in [0.4, 0.5) is 0 Å². The normalized spacial score (nSPS) is 14.3. The summed E-state index contributed by atoms with van der Waals surface area (Å²) in [6.07, 6.45) is 16.9. The van der Waals surface area contributed by atoms with Gasteiger partial charge in [0.1, 0.15) is 0 Å². The van der Waals surface area contributed by atoms with Crippen molar-refractivity contribution in [2.75, 3.05) is 80.0 Å². The summed E-state index contributed by atoms with van der Waals surface area (Å²) in [5.41, 5.74) is 19.1. The van der Waals surface area contributed by atoms with Gasteiger partial charge in [0, 0.05) is 0 Å². The molecule has 10 radical (unpaired) electrons. The Hall–Kier alpha value is 6.70. The van der Waals surface area contributed by atoms with E-state index in [1.807, 2.05) is 52.3 Å². The summed E-state index contributed by atoms with van der Waals surface area (Å²) in [7, 11) is 5.66. The molecular formula is C46H116N16Pt5Se10. The van der Waals surface area contributed by atoms with Crippen molar-refractivity contribution in [2.24, 2.45) is 22.9 Å². The van der Waals surface area contributed by atoms with E-state index in [1.54, 1.807) is 0 Å².